The van der Waals surface area contributed by atoms with E-state index in [4.69, 9.17) is 23.2 Å². The van der Waals surface area contributed by atoms with E-state index >= 15 is 0 Å². The maximum absolute atomic E-state index is 14.1. The summed E-state index contributed by atoms with van der Waals surface area (Å²) < 4.78 is 42.4. The van der Waals surface area contributed by atoms with Crippen molar-refractivity contribution in [3.63, 3.8) is 0 Å². The van der Waals surface area contributed by atoms with Gasteiger partial charge in [-0.1, -0.05) is 23.2 Å². The molecule has 0 spiro atoms. The third kappa shape index (κ3) is 4.57. The predicted molar refractivity (Wildman–Crippen MR) is 129 cm³/mol. The SMILES string of the molecule is O=C1[C@H](N2CCCC(Nc3cc(Cl)cc(Cl)c3)C2=O)[C@@H](C(F)(F)F)CCN1c1ncnc2[nH]ccc12. The molecule has 2 fully saturated rings. The van der Waals surface area contributed by atoms with Crippen molar-refractivity contribution in [2.24, 2.45) is 5.92 Å². The molecule has 0 bridgehead atoms. The van der Waals surface area contributed by atoms with E-state index in [-0.39, 0.29) is 25.3 Å². The topological polar surface area (TPSA) is 94.2 Å². The minimum atomic E-state index is -4.66. The Morgan fingerprint density at radius 1 is 1.03 bits per heavy atom. The summed E-state index contributed by atoms with van der Waals surface area (Å²) in [6, 6.07) is 3.79. The molecule has 4 heterocycles. The molecule has 190 valence electrons. The number of H-pyrrole nitrogens is 1. The second kappa shape index (κ2) is 9.44. The molecular formula is C23H21Cl2F3N6O2. The van der Waals surface area contributed by atoms with Crippen molar-refractivity contribution in [3.8, 4) is 0 Å². The summed E-state index contributed by atoms with van der Waals surface area (Å²) in [5.74, 6) is -3.18. The third-order valence-electron chi connectivity index (χ3n) is 6.59. The van der Waals surface area contributed by atoms with Gasteiger partial charge in [0.25, 0.3) is 5.91 Å². The van der Waals surface area contributed by atoms with E-state index in [0.717, 1.165) is 4.90 Å². The summed E-state index contributed by atoms with van der Waals surface area (Å²) in [6.45, 7) is -0.144. The van der Waals surface area contributed by atoms with E-state index in [9.17, 15) is 22.8 Å². The van der Waals surface area contributed by atoms with E-state index in [1.807, 2.05) is 0 Å². The number of piperidine rings is 2. The molecule has 2 N–H and O–H groups in total. The maximum atomic E-state index is 14.1. The Morgan fingerprint density at radius 3 is 2.50 bits per heavy atom. The molecule has 0 aliphatic carbocycles. The number of benzene rings is 1. The first-order chi connectivity index (χ1) is 17.1. The zero-order valence-corrected chi connectivity index (χ0v) is 20.2. The number of amides is 2. The van der Waals surface area contributed by atoms with Crippen molar-refractivity contribution in [3.05, 3.63) is 46.8 Å². The van der Waals surface area contributed by atoms with E-state index < -0.39 is 36.0 Å². The number of nitrogens with zero attached hydrogens (tertiary/aromatic N) is 4. The van der Waals surface area contributed by atoms with Crippen LogP contribution in [0.3, 0.4) is 0 Å². The van der Waals surface area contributed by atoms with E-state index in [2.05, 4.69) is 20.3 Å². The Morgan fingerprint density at radius 2 is 1.78 bits per heavy atom. The number of fused-ring (bicyclic) bond motifs is 1. The van der Waals surface area contributed by atoms with Gasteiger partial charge in [-0.3, -0.25) is 14.5 Å². The number of halogens is 5. The van der Waals surface area contributed by atoms with Crippen LogP contribution < -0.4 is 10.2 Å². The Labute approximate surface area is 213 Å². The Balaban J connectivity index is 1.47. The minimum Gasteiger partial charge on any atom is -0.374 e. The molecule has 0 saturated carbocycles. The maximum Gasteiger partial charge on any atom is 0.394 e. The van der Waals surface area contributed by atoms with Crippen LogP contribution in [0, 0.1) is 5.92 Å². The van der Waals surface area contributed by atoms with E-state index in [1.54, 1.807) is 24.4 Å². The normalized spacial score (nSPS) is 23.4. The number of aromatic nitrogens is 3. The third-order valence-corrected chi connectivity index (χ3v) is 7.02. The van der Waals surface area contributed by atoms with Gasteiger partial charge in [0.15, 0.2) is 0 Å². The molecule has 1 aromatic carbocycles. The quantitative estimate of drug-likeness (QED) is 0.502. The lowest BCUT2D eigenvalue weighted by Gasteiger charge is -2.45. The number of carbonyl (C=O) groups is 2. The highest BCUT2D eigenvalue weighted by Crippen LogP contribution is 2.40. The van der Waals surface area contributed by atoms with Gasteiger partial charge in [-0.05, 0) is 43.5 Å². The summed E-state index contributed by atoms with van der Waals surface area (Å²) in [7, 11) is 0. The summed E-state index contributed by atoms with van der Waals surface area (Å²) in [5.41, 5.74) is 0.924. The second-order valence-electron chi connectivity index (χ2n) is 8.84. The van der Waals surface area contributed by atoms with E-state index in [0.29, 0.717) is 39.6 Å². The molecule has 2 aromatic heterocycles. The molecule has 2 amide bonds. The van der Waals surface area contributed by atoms with Gasteiger partial charge in [0.05, 0.1) is 11.3 Å². The fraction of sp³-hybridized carbons (Fsp3) is 0.391. The Bertz CT molecular complexity index is 1300. The van der Waals surface area contributed by atoms with Gasteiger partial charge >= 0.3 is 6.18 Å². The molecule has 8 nitrogen and oxygen atoms in total. The highest BCUT2D eigenvalue weighted by Gasteiger charge is 2.55. The van der Waals surface area contributed by atoms with Crippen LogP contribution in [0.2, 0.25) is 10.0 Å². The van der Waals surface area contributed by atoms with Crippen LogP contribution in [0.5, 0.6) is 0 Å². The van der Waals surface area contributed by atoms with Gasteiger partial charge < -0.3 is 15.2 Å². The van der Waals surface area contributed by atoms with Crippen molar-refractivity contribution in [1.29, 1.82) is 0 Å². The zero-order chi connectivity index (χ0) is 25.6. The van der Waals surface area contributed by atoms with Crippen LogP contribution in [0.15, 0.2) is 36.8 Å². The average Bonchev–Trinajstić information content (AvgIpc) is 3.28. The first-order valence-electron chi connectivity index (χ1n) is 11.3. The summed E-state index contributed by atoms with van der Waals surface area (Å²) in [5, 5.41) is 4.23. The van der Waals surface area contributed by atoms with Crippen LogP contribution in [-0.4, -0.2) is 63.0 Å². The molecule has 36 heavy (non-hydrogen) atoms. The van der Waals surface area contributed by atoms with Gasteiger partial charge in [-0.15, -0.1) is 0 Å². The highest BCUT2D eigenvalue weighted by atomic mass is 35.5. The largest absolute Gasteiger partial charge is 0.394 e. The first kappa shape index (κ1) is 24.6. The molecular weight excluding hydrogens is 520 g/mol. The molecule has 0 radical (unpaired) electrons. The summed E-state index contributed by atoms with van der Waals surface area (Å²) in [6.07, 6.45) is -1.36. The number of nitrogens with one attached hydrogen (secondary N) is 2. The molecule has 3 aromatic rings. The number of hydrogen-bond donors (Lipinski definition) is 2. The van der Waals surface area contributed by atoms with Crippen LogP contribution in [0.4, 0.5) is 24.7 Å². The predicted octanol–water partition coefficient (Wildman–Crippen LogP) is 4.65. The monoisotopic (exact) mass is 540 g/mol. The fourth-order valence-corrected chi connectivity index (χ4v) is 5.52. The van der Waals surface area contributed by atoms with Gasteiger partial charge in [0.2, 0.25) is 5.91 Å². The highest BCUT2D eigenvalue weighted by molar-refractivity contribution is 6.35. The molecule has 5 rings (SSSR count). The number of anilines is 2. The van der Waals surface area contributed by atoms with Gasteiger partial charge in [0.1, 0.15) is 29.9 Å². The zero-order valence-electron chi connectivity index (χ0n) is 18.7. The number of likely N-dealkylation sites (tertiary alicyclic amines) is 1. The molecule has 2 saturated heterocycles. The molecule has 13 heteroatoms. The number of carbonyl (C=O) groups excluding carboxylic acids is 2. The lowest BCUT2D eigenvalue weighted by atomic mass is 9.87. The van der Waals surface area contributed by atoms with Crippen LogP contribution in [0.1, 0.15) is 19.3 Å². The number of alkyl halides is 3. The standard InChI is InChI=1S/C23H21Cl2F3N6O2/c24-12-8-13(25)10-14(9-12)32-17-2-1-6-33(21(17)35)18-16(23(26,27)28)4-7-34(22(18)36)20-15-3-5-29-19(15)30-11-31-20/h3,5,8-11,16-18,32H,1-2,4,6-7H2,(H,29,30,31)/t16-,17?,18+/m0/s1. The lowest BCUT2D eigenvalue weighted by molar-refractivity contribution is -0.200. The molecule has 1 unspecified atom stereocenters. The lowest BCUT2D eigenvalue weighted by Crippen LogP contribution is -2.64. The summed E-state index contributed by atoms with van der Waals surface area (Å²) >= 11 is 12.1. The molecule has 2 aliphatic heterocycles. The minimum absolute atomic E-state index is 0.0352. The fourth-order valence-electron chi connectivity index (χ4n) is 4.99. The number of rotatable bonds is 4. The van der Waals surface area contributed by atoms with Gasteiger partial charge in [0, 0.05) is 35.0 Å². The van der Waals surface area contributed by atoms with Gasteiger partial charge in [-0.25, -0.2) is 9.97 Å². The molecule has 2 aliphatic rings. The number of aromatic amines is 1. The smallest absolute Gasteiger partial charge is 0.374 e. The van der Waals surface area contributed by atoms with Crippen molar-refractivity contribution in [2.75, 3.05) is 23.3 Å². The molecule has 3 atom stereocenters. The Hall–Kier alpha value is -3.05. The van der Waals surface area contributed by atoms with Crippen molar-refractivity contribution >= 4 is 57.6 Å². The van der Waals surface area contributed by atoms with Crippen molar-refractivity contribution in [2.45, 2.75) is 37.5 Å². The van der Waals surface area contributed by atoms with E-state index in [1.165, 1.54) is 17.3 Å². The Kier molecular flexibility index (Phi) is 6.46. The number of hydrogen-bond acceptors (Lipinski definition) is 5. The first-order valence-corrected chi connectivity index (χ1v) is 12.1. The van der Waals surface area contributed by atoms with Crippen molar-refractivity contribution in [1.82, 2.24) is 19.9 Å². The van der Waals surface area contributed by atoms with Crippen LogP contribution in [0.25, 0.3) is 11.0 Å². The second-order valence-corrected chi connectivity index (χ2v) is 9.71. The van der Waals surface area contributed by atoms with Crippen LogP contribution in [-0.2, 0) is 9.59 Å². The summed E-state index contributed by atoms with van der Waals surface area (Å²) in [4.78, 5) is 40.6. The van der Waals surface area contributed by atoms with Crippen molar-refractivity contribution < 1.29 is 22.8 Å². The van der Waals surface area contributed by atoms with Gasteiger partial charge in [-0.2, -0.15) is 13.2 Å². The average molecular weight is 541 g/mol. The van der Waals surface area contributed by atoms with Crippen LogP contribution >= 0.6 is 23.2 Å².